The number of aliphatic hydroxyl groups is 1. The van der Waals surface area contributed by atoms with Gasteiger partial charge >= 0.3 is 0 Å². The molecule has 0 aromatic heterocycles. The third-order valence-electron chi connectivity index (χ3n) is 1.82. The van der Waals surface area contributed by atoms with Crippen LogP contribution in [0.3, 0.4) is 0 Å². The smallest absolute Gasteiger partial charge is 0.239 e. The van der Waals surface area contributed by atoms with Gasteiger partial charge in [0.15, 0.2) is 0 Å². The molecule has 6 nitrogen and oxygen atoms in total. The molecule has 0 aliphatic rings. The first-order valence-corrected chi connectivity index (χ1v) is 5.11. The second-order valence-electron chi connectivity index (χ2n) is 4.42. The summed E-state index contributed by atoms with van der Waals surface area (Å²) in [5.74, 6) is -0.565. The zero-order chi connectivity index (χ0) is 12.8. The van der Waals surface area contributed by atoms with E-state index in [1.807, 2.05) is 19.0 Å². The van der Waals surface area contributed by atoms with E-state index in [-0.39, 0.29) is 24.9 Å². The first-order valence-electron chi connectivity index (χ1n) is 5.11. The molecule has 0 spiro atoms. The molecule has 0 bridgehead atoms. The van der Waals surface area contributed by atoms with Gasteiger partial charge in [-0.2, -0.15) is 0 Å². The van der Waals surface area contributed by atoms with Crippen molar-refractivity contribution in [2.45, 2.75) is 19.4 Å². The van der Waals surface area contributed by atoms with Crippen LogP contribution in [-0.2, 0) is 9.59 Å². The van der Waals surface area contributed by atoms with Crippen LogP contribution in [0.25, 0.3) is 0 Å². The Bertz CT molecular complexity index is 252. The lowest BCUT2D eigenvalue weighted by Crippen LogP contribution is -2.48. The van der Waals surface area contributed by atoms with Crippen LogP contribution in [-0.4, -0.2) is 61.2 Å². The van der Waals surface area contributed by atoms with Crippen LogP contribution in [0.5, 0.6) is 0 Å². The Hall–Kier alpha value is -1.14. The van der Waals surface area contributed by atoms with Gasteiger partial charge in [0.1, 0.15) is 0 Å². The van der Waals surface area contributed by atoms with E-state index in [1.54, 1.807) is 6.92 Å². The zero-order valence-electron chi connectivity index (χ0n) is 10.3. The Morgan fingerprint density at radius 1 is 1.31 bits per heavy atom. The molecule has 0 aliphatic carbocycles. The van der Waals surface area contributed by atoms with E-state index in [4.69, 9.17) is 0 Å². The normalized spacial score (nSPS) is 14.4. The van der Waals surface area contributed by atoms with Crippen molar-refractivity contribution in [1.82, 2.24) is 15.5 Å². The Labute approximate surface area is 96.0 Å². The summed E-state index contributed by atoms with van der Waals surface area (Å²) in [5, 5.41) is 14.8. The Balaban J connectivity index is 3.85. The van der Waals surface area contributed by atoms with Crippen LogP contribution in [0.2, 0.25) is 0 Å². The van der Waals surface area contributed by atoms with Crippen LogP contribution < -0.4 is 10.6 Å². The number of carbonyl (C=O) groups is 2. The van der Waals surface area contributed by atoms with E-state index in [1.165, 1.54) is 6.92 Å². The fraction of sp³-hybridized carbons (Fsp3) is 0.800. The van der Waals surface area contributed by atoms with Gasteiger partial charge in [0, 0.05) is 20.0 Å². The molecule has 94 valence electrons. The van der Waals surface area contributed by atoms with E-state index in [9.17, 15) is 14.7 Å². The highest BCUT2D eigenvalue weighted by molar-refractivity contribution is 5.83. The highest BCUT2D eigenvalue weighted by Gasteiger charge is 2.21. The molecule has 6 heteroatoms. The number of hydrogen-bond donors (Lipinski definition) is 3. The van der Waals surface area contributed by atoms with Gasteiger partial charge in [-0.25, -0.2) is 0 Å². The maximum absolute atomic E-state index is 11.2. The van der Waals surface area contributed by atoms with Gasteiger partial charge in [0.05, 0.1) is 12.1 Å². The highest BCUT2D eigenvalue weighted by Crippen LogP contribution is 2.01. The molecule has 2 amide bonds. The lowest BCUT2D eigenvalue weighted by molar-refractivity contribution is -0.125. The van der Waals surface area contributed by atoms with Gasteiger partial charge in [-0.3, -0.25) is 9.59 Å². The number of nitrogens with zero attached hydrogens (tertiary/aromatic N) is 1. The molecular weight excluding hydrogens is 210 g/mol. The third kappa shape index (κ3) is 8.19. The lowest BCUT2D eigenvalue weighted by Gasteiger charge is -2.27. The molecule has 0 radical (unpaired) electrons. The van der Waals surface area contributed by atoms with Gasteiger partial charge in [0.2, 0.25) is 11.8 Å². The van der Waals surface area contributed by atoms with Crippen LogP contribution in [0.4, 0.5) is 0 Å². The van der Waals surface area contributed by atoms with Crippen molar-refractivity contribution in [3.8, 4) is 0 Å². The summed E-state index contributed by atoms with van der Waals surface area (Å²) in [7, 11) is 3.68. The first-order chi connectivity index (χ1) is 7.23. The van der Waals surface area contributed by atoms with Gasteiger partial charge in [-0.05, 0) is 21.0 Å². The molecule has 1 unspecified atom stereocenters. The number of nitrogens with one attached hydrogen (secondary N) is 2. The summed E-state index contributed by atoms with van der Waals surface area (Å²) in [6.07, 6.45) is 0. The predicted molar refractivity (Wildman–Crippen MR) is 60.9 cm³/mol. The van der Waals surface area contributed by atoms with E-state index in [2.05, 4.69) is 10.6 Å². The SMILES string of the molecule is CC(=O)NCC(=O)NCC(C)(O)CN(C)C. The van der Waals surface area contributed by atoms with Crippen LogP contribution >= 0.6 is 0 Å². The summed E-state index contributed by atoms with van der Waals surface area (Å²) in [5.41, 5.74) is -0.977. The number of hydrogen-bond acceptors (Lipinski definition) is 4. The summed E-state index contributed by atoms with van der Waals surface area (Å²) >= 11 is 0. The summed E-state index contributed by atoms with van der Waals surface area (Å²) in [6.45, 7) is 3.53. The number of rotatable bonds is 6. The second-order valence-corrected chi connectivity index (χ2v) is 4.42. The maximum atomic E-state index is 11.2. The van der Waals surface area contributed by atoms with Gasteiger partial charge in [-0.1, -0.05) is 0 Å². The number of likely N-dealkylation sites (N-methyl/N-ethyl adjacent to an activating group) is 1. The molecule has 0 heterocycles. The maximum Gasteiger partial charge on any atom is 0.239 e. The van der Waals surface area contributed by atoms with Crippen molar-refractivity contribution >= 4 is 11.8 Å². The lowest BCUT2D eigenvalue weighted by atomic mass is 10.1. The molecule has 0 aliphatic heterocycles. The Morgan fingerprint density at radius 3 is 2.31 bits per heavy atom. The largest absolute Gasteiger partial charge is 0.387 e. The first kappa shape index (κ1) is 14.9. The van der Waals surface area contributed by atoms with Crippen molar-refractivity contribution < 1.29 is 14.7 Å². The molecule has 0 aromatic rings. The second kappa shape index (κ2) is 6.44. The van der Waals surface area contributed by atoms with Crippen molar-refractivity contribution in [1.29, 1.82) is 0 Å². The fourth-order valence-electron chi connectivity index (χ4n) is 1.29. The van der Waals surface area contributed by atoms with Crippen LogP contribution in [0, 0.1) is 0 Å². The molecule has 0 aromatic carbocycles. The van der Waals surface area contributed by atoms with Gasteiger partial charge in [0.25, 0.3) is 0 Å². The van der Waals surface area contributed by atoms with E-state index in [0.717, 1.165) is 0 Å². The summed E-state index contributed by atoms with van der Waals surface area (Å²) < 4.78 is 0. The third-order valence-corrected chi connectivity index (χ3v) is 1.82. The van der Waals surface area contributed by atoms with E-state index >= 15 is 0 Å². The van der Waals surface area contributed by atoms with Crippen molar-refractivity contribution in [2.24, 2.45) is 0 Å². The molecule has 3 N–H and O–H groups in total. The average molecular weight is 231 g/mol. The highest BCUT2D eigenvalue weighted by atomic mass is 16.3. The van der Waals surface area contributed by atoms with E-state index < -0.39 is 5.60 Å². The standard InChI is InChI=1S/C10H21N3O3/c1-8(14)11-5-9(15)12-6-10(2,16)7-13(3)4/h16H,5-7H2,1-4H3,(H,11,14)(H,12,15). The van der Waals surface area contributed by atoms with E-state index in [0.29, 0.717) is 6.54 Å². The summed E-state index contributed by atoms with van der Waals surface area (Å²) in [6, 6.07) is 0. The Kier molecular flexibility index (Phi) is 5.98. The van der Waals surface area contributed by atoms with Crippen molar-refractivity contribution in [2.75, 3.05) is 33.7 Å². The minimum Gasteiger partial charge on any atom is -0.387 e. The van der Waals surface area contributed by atoms with Crippen molar-refractivity contribution in [3.63, 3.8) is 0 Å². The predicted octanol–water partition coefficient (Wildman–Crippen LogP) is -1.45. The molecule has 1 atom stereocenters. The average Bonchev–Trinajstić information content (AvgIpc) is 2.09. The number of amides is 2. The van der Waals surface area contributed by atoms with Gasteiger partial charge < -0.3 is 20.6 Å². The quantitative estimate of drug-likeness (QED) is 0.522. The minimum atomic E-state index is -0.977. The minimum absolute atomic E-state index is 0.0621. The fourth-order valence-corrected chi connectivity index (χ4v) is 1.29. The van der Waals surface area contributed by atoms with Gasteiger partial charge in [-0.15, -0.1) is 0 Å². The molecule has 16 heavy (non-hydrogen) atoms. The molecule has 0 saturated heterocycles. The monoisotopic (exact) mass is 231 g/mol. The number of carbonyl (C=O) groups excluding carboxylic acids is 2. The summed E-state index contributed by atoms with van der Waals surface area (Å²) in [4.78, 5) is 23.6. The van der Waals surface area contributed by atoms with Crippen LogP contribution in [0.1, 0.15) is 13.8 Å². The zero-order valence-corrected chi connectivity index (χ0v) is 10.3. The molecule has 0 rings (SSSR count). The molecular formula is C10H21N3O3. The van der Waals surface area contributed by atoms with Crippen LogP contribution in [0.15, 0.2) is 0 Å². The molecule has 0 fully saturated rings. The Morgan fingerprint density at radius 2 is 1.88 bits per heavy atom. The molecule has 0 saturated carbocycles. The topological polar surface area (TPSA) is 81.7 Å². The van der Waals surface area contributed by atoms with Crippen molar-refractivity contribution in [3.05, 3.63) is 0 Å².